The third-order valence-corrected chi connectivity index (χ3v) is 1.80. The summed E-state index contributed by atoms with van der Waals surface area (Å²) in [5, 5.41) is 2.63. The van der Waals surface area contributed by atoms with E-state index in [-0.39, 0.29) is 11.5 Å². The lowest BCUT2D eigenvalue weighted by Crippen LogP contribution is -2.12. The summed E-state index contributed by atoms with van der Waals surface area (Å²) in [6.45, 7) is 2.55. The van der Waals surface area contributed by atoms with E-state index in [2.05, 4.69) is 5.10 Å². The third-order valence-electron chi connectivity index (χ3n) is 1.80. The van der Waals surface area contributed by atoms with Gasteiger partial charge in [0.25, 0.3) is 5.56 Å². The number of hydrogen-bond donors (Lipinski definition) is 2. The Morgan fingerprint density at radius 2 is 2.45 bits per heavy atom. The largest absolute Gasteiger partial charge is 0.330 e. The highest BCUT2D eigenvalue weighted by Gasteiger charge is 2.07. The van der Waals surface area contributed by atoms with Crippen LogP contribution < -0.4 is 11.3 Å². The molecule has 0 radical (unpaired) electrons. The maximum Gasteiger partial charge on any atom is 0.264 e. The number of hydrogen-bond acceptors (Lipinski definition) is 2. The van der Waals surface area contributed by atoms with Gasteiger partial charge >= 0.3 is 0 Å². The molecule has 4 nitrogen and oxygen atoms in total. The van der Waals surface area contributed by atoms with Crippen LogP contribution in [0.3, 0.4) is 0 Å². The lowest BCUT2D eigenvalue weighted by Gasteiger charge is -2.07. The van der Waals surface area contributed by atoms with Gasteiger partial charge in [-0.25, -0.2) is 0 Å². The molecule has 0 bridgehead atoms. The normalized spacial score (nSPS) is 13.4. The summed E-state index contributed by atoms with van der Waals surface area (Å²) >= 11 is 0. The molecule has 0 fully saturated rings. The quantitative estimate of drug-likeness (QED) is 0.620. The van der Waals surface area contributed by atoms with Crippen molar-refractivity contribution < 1.29 is 0 Å². The van der Waals surface area contributed by atoms with Crippen LogP contribution in [-0.2, 0) is 7.05 Å². The van der Waals surface area contributed by atoms with E-state index in [4.69, 9.17) is 5.73 Å². The summed E-state index contributed by atoms with van der Waals surface area (Å²) in [6, 6.07) is 1.58. The van der Waals surface area contributed by atoms with E-state index < -0.39 is 0 Å². The Bertz CT molecular complexity index is 286. The summed E-state index contributed by atoms with van der Waals surface area (Å²) in [6.07, 6.45) is 0. The molecular weight excluding hydrogens is 142 g/mol. The standard InChI is InChI=1S/C7H13N3O/c1-5(4-8)6-3-7(11)9-10(6)2/h3,5H,4,8H2,1-2H3,(H,9,11). The summed E-state index contributed by atoms with van der Waals surface area (Å²) in [5.41, 5.74) is 6.34. The Balaban J connectivity index is 3.02. The van der Waals surface area contributed by atoms with Gasteiger partial charge in [0, 0.05) is 31.3 Å². The molecule has 1 atom stereocenters. The van der Waals surface area contributed by atoms with Gasteiger partial charge in [0.1, 0.15) is 0 Å². The second-order valence-electron chi connectivity index (χ2n) is 2.74. The van der Waals surface area contributed by atoms with E-state index in [0.717, 1.165) is 5.69 Å². The average Bonchev–Trinajstić information content (AvgIpc) is 2.28. The second kappa shape index (κ2) is 2.92. The minimum Gasteiger partial charge on any atom is -0.330 e. The van der Waals surface area contributed by atoms with E-state index in [1.165, 1.54) is 0 Å². The number of aryl methyl sites for hydroxylation is 1. The molecule has 0 aromatic carbocycles. The van der Waals surface area contributed by atoms with Crippen LogP contribution in [0.5, 0.6) is 0 Å². The molecule has 0 amide bonds. The molecule has 1 unspecified atom stereocenters. The Morgan fingerprint density at radius 1 is 1.82 bits per heavy atom. The SMILES string of the molecule is CC(CN)c1cc(=O)[nH]n1C. The molecule has 0 spiro atoms. The molecule has 0 aliphatic carbocycles. The van der Waals surface area contributed by atoms with Crippen molar-refractivity contribution >= 4 is 0 Å². The minimum absolute atomic E-state index is 0.0669. The fraction of sp³-hybridized carbons (Fsp3) is 0.571. The highest BCUT2D eigenvalue weighted by atomic mass is 16.1. The van der Waals surface area contributed by atoms with Crippen molar-refractivity contribution in [2.45, 2.75) is 12.8 Å². The predicted octanol–water partition coefficient (Wildman–Crippen LogP) is -0.224. The monoisotopic (exact) mass is 155 g/mol. The number of nitrogens with zero attached hydrogens (tertiary/aromatic N) is 1. The van der Waals surface area contributed by atoms with Crippen molar-refractivity contribution in [3.8, 4) is 0 Å². The first-order chi connectivity index (χ1) is 5.15. The smallest absolute Gasteiger partial charge is 0.264 e. The van der Waals surface area contributed by atoms with Gasteiger partial charge in [0.2, 0.25) is 0 Å². The highest BCUT2D eigenvalue weighted by Crippen LogP contribution is 2.08. The molecule has 1 aromatic rings. The Morgan fingerprint density at radius 3 is 2.82 bits per heavy atom. The fourth-order valence-corrected chi connectivity index (χ4v) is 1.09. The summed E-state index contributed by atoms with van der Waals surface area (Å²) in [4.78, 5) is 10.8. The first kappa shape index (κ1) is 8.07. The van der Waals surface area contributed by atoms with Crippen LogP contribution in [0.15, 0.2) is 10.9 Å². The van der Waals surface area contributed by atoms with Crippen LogP contribution in [0, 0.1) is 0 Å². The summed E-state index contributed by atoms with van der Waals surface area (Å²) < 4.78 is 1.71. The molecule has 0 saturated carbocycles. The Hall–Kier alpha value is -1.03. The van der Waals surface area contributed by atoms with Crippen LogP contribution in [0.2, 0.25) is 0 Å². The number of nitrogens with one attached hydrogen (secondary N) is 1. The van der Waals surface area contributed by atoms with Gasteiger partial charge in [-0.15, -0.1) is 0 Å². The average molecular weight is 155 g/mol. The number of aromatic nitrogens is 2. The van der Waals surface area contributed by atoms with Gasteiger partial charge in [-0.3, -0.25) is 14.6 Å². The van der Waals surface area contributed by atoms with Crippen LogP contribution in [-0.4, -0.2) is 16.3 Å². The van der Waals surface area contributed by atoms with E-state index in [1.807, 2.05) is 14.0 Å². The molecule has 3 N–H and O–H groups in total. The van der Waals surface area contributed by atoms with Crippen molar-refractivity contribution in [1.29, 1.82) is 0 Å². The van der Waals surface area contributed by atoms with Crippen molar-refractivity contribution in [2.75, 3.05) is 6.54 Å². The zero-order valence-corrected chi connectivity index (χ0v) is 6.79. The number of aromatic amines is 1. The number of rotatable bonds is 2. The lowest BCUT2D eigenvalue weighted by molar-refractivity contribution is 0.641. The minimum atomic E-state index is -0.0669. The zero-order valence-electron chi connectivity index (χ0n) is 6.79. The van der Waals surface area contributed by atoms with Gasteiger partial charge in [0.05, 0.1) is 0 Å². The van der Waals surface area contributed by atoms with E-state index >= 15 is 0 Å². The van der Waals surface area contributed by atoms with Crippen LogP contribution in [0.1, 0.15) is 18.5 Å². The van der Waals surface area contributed by atoms with Gasteiger partial charge < -0.3 is 5.73 Å². The van der Waals surface area contributed by atoms with Crippen LogP contribution >= 0.6 is 0 Å². The predicted molar refractivity (Wildman–Crippen MR) is 43.5 cm³/mol. The van der Waals surface area contributed by atoms with Crippen LogP contribution in [0.4, 0.5) is 0 Å². The molecule has 0 aliphatic heterocycles. The maximum atomic E-state index is 10.8. The molecule has 11 heavy (non-hydrogen) atoms. The molecule has 1 rings (SSSR count). The molecule has 1 heterocycles. The summed E-state index contributed by atoms with van der Waals surface area (Å²) in [5.74, 6) is 0.235. The molecular formula is C7H13N3O. The van der Waals surface area contributed by atoms with Gasteiger partial charge in [-0.05, 0) is 0 Å². The first-order valence-electron chi connectivity index (χ1n) is 3.61. The third kappa shape index (κ3) is 1.51. The lowest BCUT2D eigenvalue weighted by atomic mass is 10.1. The maximum absolute atomic E-state index is 10.8. The van der Waals surface area contributed by atoms with E-state index in [1.54, 1.807) is 10.7 Å². The summed E-state index contributed by atoms with van der Waals surface area (Å²) in [7, 11) is 1.81. The molecule has 0 aliphatic rings. The van der Waals surface area contributed by atoms with Gasteiger partial charge in [0.15, 0.2) is 0 Å². The van der Waals surface area contributed by atoms with Crippen molar-refractivity contribution in [2.24, 2.45) is 12.8 Å². The Kier molecular flexibility index (Phi) is 2.14. The Labute approximate surface area is 65.0 Å². The number of nitrogens with two attached hydrogens (primary N) is 1. The van der Waals surface area contributed by atoms with Gasteiger partial charge in [-0.1, -0.05) is 6.92 Å². The molecule has 62 valence electrons. The first-order valence-corrected chi connectivity index (χ1v) is 3.61. The number of H-pyrrole nitrogens is 1. The van der Waals surface area contributed by atoms with Crippen LogP contribution in [0.25, 0.3) is 0 Å². The topological polar surface area (TPSA) is 63.8 Å². The highest BCUT2D eigenvalue weighted by molar-refractivity contribution is 5.06. The van der Waals surface area contributed by atoms with Crippen molar-refractivity contribution in [3.63, 3.8) is 0 Å². The fourth-order valence-electron chi connectivity index (χ4n) is 1.09. The zero-order chi connectivity index (χ0) is 8.43. The van der Waals surface area contributed by atoms with Crippen molar-refractivity contribution in [3.05, 3.63) is 22.1 Å². The molecule has 4 heteroatoms. The van der Waals surface area contributed by atoms with E-state index in [0.29, 0.717) is 6.54 Å². The van der Waals surface area contributed by atoms with E-state index in [9.17, 15) is 4.79 Å². The van der Waals surface area contributed by atoms with Gasteiger partial charge in [-0.2, -0.15) is 0 Å². The van der Waals surface area contributed by atoms with Crippen molar-refractivity contribution in [1.82, 2.24) is 9.78 Å². The molecule has 0 saturated heterocycles. The molecule has 1 aromatic heterocycles. The second-order valence-corrected chi connectivity index (χ2v) is 2.74.